The summed E-state index contributed by atoms with van der Waals surface area (Å²) >= 11 is 3.34. The molecule has 0 saturated carbocycles. The van der Waals surface area contributed by atoms with E-state index in [0.29, 0.717) is 21.3 Å². The van der Waals surface area contributed by atoms with Gasteiger partial charge in [0, 0.05) is 5.56 Å². The van der Waals surface area contributed by atoms with Crippen molar-refractivity contribution < 1.29 is 9.53 Å². The monoisotopic (exact) mass is 329 g/mol. The highest BCUT2D eigenvalue weighted by molar-refractivity contribution is 9.10. The molecule has 2 aromatic carbocycles. The Kier molecular flexibility index (Phi) is 4.54. The fraction of sp³-hybridized carbons (Fsp3) is 0.125. The molecule has 4 heteroatoms. The van der Waals surface area contributed by atoms with Crippen molar-refractivity contribution in [3.8, 4) is 11.8 Å². The lowest BCUT2D eigenvalue weighted by atomic mass is 9.92. The number of benzene rings is 2. The van der Waals surface area contributed by atoms with E-state index in [2.05, 4.69) is 22.0 Å². The van der Waals surface area contributed by atoms with Crippen molar-refractivity contribution >= 4 is 21.7 Å². The summed E-state index contributed by atoms with van der Waals surface area (Å²) in [6.45, 7) is 0. The number of carbonyl (C=O) groups is 1. The van der Waals surface area contributed by atoms with Crippen LogP contribution in [-0.4, -0.2) is 12.9 Å². The van der Waals surface area contributed by atoms with Gasteiger partial charge in [0.25, 0.3) is 0 Å². The Balaban J connectivity index is 2.35. The normalized spacial score (nSPS) is 11.4. The smallest absolute Gasteiger partial charge is 0.184 e. The summed E-state index contributed by atoms with van der Waals surface area (Å²) < 4.78 is 5.82. The molecule has 0 fully saturated rings. The molecule has 2 aromatic rings. The van der Waals surface area contributed by atoms with Crippen LogP contribution in [0.1, 0.15) is 21.8 Å². The molecule has 0 spiro atoms. The van der Waals surface area contributed by atoms with Crippen LogP contribution >= 0.6 is 15.9 Å². The Labute approximate surface area is 125 Å². The van der Waals surface area contributed by atoms with E-state index in [1.165, 1.54) is 0 Å². The number of nitrogens with zero attached hydrogens (tertiary/aromatic N) is 1. The van der Waals surface area contributed by atoms with Crippen molar-refractivity contribution in [2.75, 3.05) is 7.11 Å². The summed E-state index contributed by atoms with van der Waals surface area (Å²) in [7, 11) is 1.56. The van der Waals surface area contributed by atoms with Crippen LogP contribution in [0.5, 0.6) is 5.75 Å². The van der Waals surface area contributed by atoms with Crippen molar-refractivity contribution in [3.63, 3.8) is 0 Å². The number of ether oxygens (including phenoxy) is 1. The maximum Gasteiger partial charge on any atom is 0.184 e. The Bertz CT molecular complexity index is 662. The van der Waals surface area contributed by atoms with Gasteiger partial charge in [0.05, 0.1) is 17.7 Å². The van der Waals surface area contributed by atoms with Gasteiger partial charge in [0.2, 0.25) is 0 Å². The zero-order valence-electron chi connectivity index (χ0n) is 10.8. The largest absolute Gasteiger partial charge is 0.496 e. The van der Waals surface area contributed by atoms with Crippen molar-refractivity contribution in [3.05, 3.63) is 64.1 Å². The standard InChI is InChI=1S/C16H12BrNO2/c1-20-15-8-7-12(9-14(15)17)16(19)13(10-18)11-5-3-2-4-6-11/h2-9,13H,1H3. The van der Waals surface area contributed by atoms with Gasteiger partial charge in [-0.15, -0.1) is 0 Å². The summed E-state index contributed by atoms with van der Waals surface area (Å²) in [5, 5.41) is 9.27. The van der Waals surface area contributed by atoms with E-state index in [1.807, 2.05) is 18.2 Å². The van der Waals surface area contributed by atoms with Gasteiger partial charge < -0.3 is 4.74 Å². The number of ketones is 1. The Morgan fingerprint density at radius 1 is 1.25 bits per heavy atom. The average molecular weight is 330 g/mol. The van der Waals surface area contributed by atoms with Crippen LogP contribution in [0.3, 0.4) is 0 Å². The molecule has 0 aromatic heterocycles. The first kappa shape index (κ1) is 14.3. The molecule has 0 N–H and O–H groups in total. The lowest BCUT2D eigenvalue weighted by molar-refractivity contribution is 0.0979. The zero-order valence-corrected chi connectivity index (χ0v) is 12.4. The summed E-state index contributed by atoms with van der Waals surface area (Å²) in [6.07, 6.45) is 0. The Morgan fingerprint density at radius 3 is 2.50 bits per heavy atom. The molecule has 100 valence electrons. The number of hydrogen-bond donors (Lipinski definition) is 0. The van der Waals surface area contributed by atoms with Crippen molar-refractivity contribution in [1.29, 1.82) is 5.26 Å². The number of hydrogen-bond acceptors (Lipinski definition) is 3. The number of nitriles is 1. The van der Waals surface area contributed by atoms with Gasteiger partial charge in [0.15, 0.2) is 5.78 Å². The van der Waals surface area contributed by atoms with Crippen LogP contribution in [-0.2, 0) is 0 Å². The van der Waals surface area contributed by atoms with Gasteiger partial charge in [-0.3, -0.25) is 4.79 Å². The Hall–Kier alpha value is -2.12. The highest BCUT2D eigenvalue weighted by Gasteiger charge is 2.22. The van der Waals surface area contributed by atoms with E-state index in [0.717, 1.165) is 0 Å². The van der Waals surface area contributed by atoms with Crippen molar-refractivity contribution in [1.82, 2.24) is 0 Å². The molecular formula is C16H12BrNO2. The number of rotatable bonds is 4. The van der Waals surface area contributed by atoms with Crippen LogP contribution in [0.25, 0.3) is 0 Å². The van der Waals surface area contributed by atoms with Gasteiger partial charge in [-0.1, -0.05) is 30.3 Å². The quantitative estimate of drug-likeness (QED) is 0.798. The van der Waals surface area contributed by atoms with E-state index in [1.54, 1.807) is 37.4 Å². The molecule has 0 aliphatic heterocycles. The molecule has 0 radical (unpaired) electrons. The third kappa shape index (κ3) is 2.89. The molecule has 1 unspecified atom stereocenters. The predicted octanol–water partition coefficient (Wildman–Crippen LogP) is 3.95. The third-order valence-electron chi connectivity index (χ3n) is 2.96. The molecule has 2 rings (SSSR count). The summed E-state index contributed by atoms with van der Waals surface area (Å²) in [5.74, 6) is -0.367. The molecule has 20 heavy (non-hydrogen) atoms. The van der Waals surface area contributed by atoms with Crippen LogP contribution < -0.4 is 4.74 Å². The second-order valence-corrected chi connectivity index (χ2v) is 5.04. The molecule has 3 nitrogen and oxygen atoms in total. The third-order valence-corrected chi connectivity index (χ3v) is 3.58. The van der Waals surface area contributed by atoms with Gasteiger partial charge >= 0.3 is 0 Å². The summed E-state index contributed by atoms with van der Waals surface area (Å²) in [4.78, 5) is 12.4. The molecule has 0 aliphatic rings. The van der Waals surface area contributed by atoms with Crippen LogP contribution in [0.4, 0.5) is 0 Å². The number of halogens is 1. The first-order valence-corrected chi connectivity index (χ1v) is 6.79. The molecular weight excluding hydrogens is 318 g/mol. The second-order valence-electron chi connectivity index (χ2n) is 4.19. The molecule has 1 atom stereocenters. The second kappa shape index (κ2) is 6.36. The summed E-state index contributed by atoms with van der Waals surface area (Å²) in [6, 6.07) is 16.2. The highest BCUT2D eigenvalue weighted by atomic mass is 79.9. The lowest BCUT2D eigenvalue weighted by Crippen LogP contribution is -2.11. The molecule has 0 bridgehead atoms. The number of Topliss-reactive ketones (excluding diaryl/α,β-unsaturated/α-hetero) is 1. The predicted molar refractivity (Wildman–Crippen MR) is 79.8 cm³/mol. The van der Waals surface area contributed by atoms with Crippen LogP contribution in [0, 0.1) is 11.3 Å². The number of carbonyl (C=O) groups excluding carboxylic acids is 1. The van der Waals surface area contributed by atoms with E-state index >= 15 is 0 Å². The lowest BCUT2D eigenvalue weighted by Gasteiger charge is -2.10. The van der Waals surface area contributed by atoms with E-state index in [9.17, 15) is 10.1 Å². The minimum atomic E-state index is -0.795. The maximum atomic E-state index is 12.4. The zero-order chi connectivity index (χ0) is 14.5. The highest BCUT2D eigenvalue weighted by Crippen LogP contribution is 2.28. The Morgan fingerprint density at radius 2 is 1.95 bits per heavy atom. The summed E-state index contributed by atoms with van der Waals surface area (Å²) in [5.41, 5.74) is 1.18. The first-order valence-electron chi connectivity index (χ1n) is 5.99. The molecule has 0 heterocycles. The van der Waals surface area contributed by atoms with Crippen molar-refractivity contribution in [2.45, 2.75) is 5.92 Å². The van der Waals surface area contributed by atoms with Crippen LogP contribution in [0.2, 0.25) is 0 Å². The minimum absolute atomic E-state index is 0.220. The van der Waals surface area contributed by atoms with Gasteiger partial charge in [0.1, 0.15) is 11.7 Å². The van der Waals surface area contributed by atoms with Gasteiger partial charge in [-0.05, 0) is 39.7 Å². The maximum absolute atomic E-state index is 12.4. The molecule has 0 amide bonds. The molecule has 0 saturated heterocycles. The van der Waals surface area contributed by atoms with E-state index in [-0.39, 0.29) is 5.78 Å². The van der Waals surface area contributed by atoms with Crippen LogP contribution in [0.15, 0.2) is 53.0 Å². The van der Waals surface area contributed by atoms with E-state index in [4.69, 9.17) is 4.74 Å². The molecule has 0 aliphatic carbocycles. The topological polar surface area (TPSA) is 50.1 Å². The SMILES string of the molecule is COc1ccc(C(=O)C(C#N)c2ccccc2)cc1Br. The average Bonchev–Trinajstić information content (AvgIpc) is 2.49. The van der Waals surface area contributed by atoms with Gasteiger partial charge in [-0.25, -0.2) is 0 Å². The first-order chi connectivity index (χ1) is 9.67. The van der Waals surface area contributed by atoms with Gasteiger partial charge in [-0.2, -0.15) is 5.26 Å². The number of methoxy groups -OCH3 is 1. The minimum Gasteiger partial charge on any atom is -0.496 e. The van der Waals surface area contributed by atoms with E-state index < -0.39 is 5.92 Å². The fourth-order valence-corrected chi connectivity index (χ4v) is 2.46. The fourth-order valence-electron chi connectivity index (χ4n) is 1.92. The van der Waals surface area contributed by atoms with Crippen molar-refractivity contribution in [2.24, 2.45) is 0 Å².